The van der Waals surface area contributed by atoms with Gasteiger partial charge in [0, 0.05) is 36.6 Å². The molecule has 1 atom stereocenters. The standard InChI is InChI=1S/C21H22F3N5O2/c1-14(13-30)27-20-28-18(16-3-2-4-17(11-16)31-21(22,23)24)12-19(29-20)26-10-7-15-5-8-25-9-6-15/h2-6,8-9,11-12,14,30H,7,10,13H2,1H3,(H2,26,27,28,29)/t14-/m0/s1. The number of alkyl halides is 3. The van der Waals surface area contributed by atoms with Crippen LogP contribution < -0.4 is 15.4 Å². The first-order valence-electron chi connectivity index (χ1n) is 9.58. The Morgan fingerprint density at radius 2 is 1.87 bits per heavy atom. The molecule has 0 amide bonds. The van der Waals surface area contributed by atoms with E-state index in [2.05, 4.69) is 30.3 Å². The maximum atomic E-state index is 12.6. The van der Waals surface area contributed by atoms with Gasteiger partial charge in [-0.25, -0.2) is 4.98 Å². The van der Waals surface area contributed by atoms with Crippen molar-refractivity contribution < 1.29 is 23.0 Å². The number of hydrogen-bond acceptors (Lipinski definition) is 7. The maximum Gasteiger partial charge on any atom is 0.573 e. The number of hydrogen-bond donors (Lipinski definition) is 3. The lowest BCUT2D eigenvalue weighted by Crippen LogP contribution is -2.21. The fourth-order valence-electron chi connectivity index (χ4n) is 2.75. The molecule has 3 rings (SSSR count). The van der Waals surface area contributed by atoms with E-state index < -0.39 is 6.36 Å². The highest BCUT2D eigenvalue weighted by atomic mass is 19.4. The van der Waals surface area contributed by atoms with Crippen LogP contribution in [-0.4, -0.2) is 45.6 Å². The third-order valence-corrected chi connectivity index (χ3v) is 4.21. The highest BCUT2D eigenvalue weighted by Gasteiger charge is 2.31. The van der Waals surface area contributed by atoms with Crippen molar-refractivity contribution in [2.24, 2.45) is 0 Å². The van der Waals surface area contributed by atoms with E-state index in [4.69, 9.17) is 0 Å². The molecule has 2 heterocycles. The third kappa shape index (κ3) is 7.10. The Labute approximate surface area is 177 Å². The van der Waals surface area contributed by atoms with Crippen molar-refractivity contribution in [1.82, 2.24) is 15.0 Å². The minimum atomic E-state index is -4.78. The predicted molar refractivity (Wildman–Crippen MR) is 111 cm³/mol. The second kappa shape index (κ2) is 10.1. The van der Waals surface area contributed by atoms with Gasteiger partial charge in [-0.2, -0.15) is 4.98 Å². The van der Waals surface area contributed by atoms with Crippen LogP contribution in [0.3, 0.4) is 0 Å². The number of aliphatic hydroxyl groups excluding tert-OH is 1. The van der Waals surface area contributed by atoms with Crippen LogP contribution in [0.25, 0.3) is 11.3 Å². The van der Waals surface area contributed by atoms with Crippen molar-refractivity contribution in [3.05, 3.63) is 60.4 Å². The number of halogens is 3. The SMILES string of the molecule is C[C@@H](CO)Nc1nc(NCCc2ccncc2)cc(-c2cccc(OC(F)(F)F)c2)n1. The van der Waals surface area contributed by atoms with Gasteiger partial charge in [0.25, 0.3) is 0 Å². The van der Waals surface area contributed by atoms with Crippen LogP contribution in [0.2, 0.25) is 0 Å². The van der Waals surface area contributed by atoms with Gasteiger partial charge >= 0.3 is 6.36 Å². The predicted octanol–water partition coefficient (Wildman–Crippen LogP) is 3.88. The Kier molecular flexibility index (Phi) is 7.24. The molecule has 31 heavy (non-hydrogen) atoms. The second-order valence-corrected chi connectivity index (χ2v) is 6.80. The molecular formula is C21H22F3N5O2. The molecule has 164 valence electrons. The van der Waals surface area contributed by atoms with Gasteiger partial charge in [-0.15, -0.1) is 13.2 Å². The minimum absolute atomic E-state index is 0.132. The minimum Gasteiger partial charge on any atom is -0.406 e. The smallest absolute Gasteiger partial charge is 0.406 e. The summed E-state index contributed by atoms with van der Waals surface area (Å²) in [5.41, 5.74) is 1.93. The highest BCUT2D eigenvalue weighted by Crippen LogP contribution is 2.28. The first-order chi connectivity index (χ1) is 14.8. The van der Waals surface area contributed by atoms with Crippen molar-refractivity contribution in [1.29, 1.82) is 0 Å². The maximum absolute atomic E-state index is 12.6. The molecule has 3 aromatic rings. The van der Waals surface area contributed by atoms with Crippen LogP contribution in [-0.2, 0) is 6.42 Å². The van der Waals surface area contributed by atoms with E-state index in [0.717, 1.165) is 12.0 Å². The molecule has 1 aromatic carbocycles. The highest BCUT2D eigenvalue weighted by molar-refractivity contribution is 5.66. The van der Waals surface area contributed by atoms with Crippen molar-refractivity contribution in [3.8, 4) is 17.0 Å². The van der Waals surface area contributed by atoms with Crippen LogP contribution in [0, 0.1) is 0 Å². The normalized spacial score (nSPS) is 12.3. The fraction of sp³-hybridized carbons (Fsp3) is 0.286. The van der Waals surface area contributed by atoms with E-state index in [0.29, 0.717) is 23.6 Å². The zero-order valence-electron chi connectivity index (χ0n) is 16.7. The molecular weight excluding hydrogens is 411 g/mol. The van der Waals surface area contributed by atoms with Gasteiger partial charge < -0.3 is 20.5 Å². The molecule has 0 radical (unpaired) electrons. The lowest BCUT2D eigenvalue weighted by Gasteiger charge is -2.15. The molecule has 2 aromatic heterocycles. The van der Waals surface area contributed by atoms with E-state index in [1.165, 1.54) is 18.2 Å². The molecule has 10 heteroatoms. The van der Waals surface area contributed by atoms with Crippen LogP contribution in [0.5, 0.6) is 5.75 Å². The van der Waals surface area contributed by atoms with Crippen molar-refractivity contribution in [3.63, 3.8) is 0 Å². The van der Waals surface area contributed by atoms with Crippen molar-refractivity contribution >= 4 is 11.8 Å². The number of ether oxygens (including phenoxy) is 1. The summed E-state index contributed by atoms with van der Waals surface area (Å²) in [5.74, 6) is 0.399. The number of aliphatic hydroxyl groups is 1. The quantitative estimate of drug-likeness (QED) is 0.472. The fourth-order valence-corrected chi connectivity index (χ4v) is 2.75. The first-order valence-corrected chi connectivity index (χ1v) is 9.58. The van der Waals surface area contributed by atoms with E-state index >= 15 is 0 Å². The van der Waals surface area contributed by atoms with Crippen molar-refractivity contribution in [2.45, 2.75) is 25.7 Å². The van der Waals surface area contributed by atoms with Crippen molar-refractivity contribution in [2.75, 3.05) is 23.8 Å². The Morgan fingerprint density at radius 1 is 1.10 bits per heavy atom. The van der Waals surface area contributed by atoms with Crippen LogP contribution >= 0.6 is 0 Å². The summed E-state index contributed by atoms with van der Waals surface area (Å²) in [4.78, 5) is 12.8. The van der Waals surface area contributed by atoms with E-state index in [1.54, 1.807) is 31.5 Å². The van der Waals surface area contributed by atoms with Gasteiger partial charge in [-0.05, 0) is 43.2 Å². The third-order valence-electron chi connectivity index (χ3n) is 4.21. The summed E-state index contributed by atoms with van der Waals surface area (Å²) in [7, 11) is 0. The molecule has 0 aliphatic carbocycles. The number of aromatic nitrogens is 3. The molecule has 0 fully saturated rings. The topological polar surface area (TPSA) is 92.2 Å². The Morgan fingerprint density at radius 3 is 2.58 bits per heavy atom. The number of anilines is 2. The molecule has 0 bridgehead atoms. The van der Waals surface area contributed by atoms with Crippen LogP contribution in [0.1, 0.15) is 12.5 Å². The summed E-state index contributed by atoms with van der Waals surface area (Å²) in [6.07, 6.45) is -0.626. The van der Waals surface area contributed by atoms with Crippen LogP contribution in [0.4, 0.5) is 24.9 Å². The summed E-state index contributed by atoms with van der Waals surface area (Å²) >= 11 is 0. The van der Waals surface area contributed by atoms with Gasteiger partial charge in [0.2, 0.25) is 5.95 Å². The summed E-state index contributed by atoms with van der Waals surface area (Å²) in [6.45, 7) is 2.20. The molecule has 7 nitrogen and oxygen atoms in total. The number of nitrogens with one attached hydrogen (secondary N) is 2. The monoisotopic (exact) mass is 433 g/mol. The molecule has 0 aliphatic heterocycles. The van der Waals surface area contributed by atoms with Gasteiger partial charge in [0.1, 0.15) is 11.6 Å². The summed E-state index contributed by atoms with van der Waals surface area (Å²) in [6, 6.07) is 10.7. The average Bonchev–Trinajstić information content (AvgIpc) is 2.73. The van der Waals surface area contributed by atoms with E-state index in [1.807, 2.05) is 12.1 Å². The number of rotatable bonds is 9. The van der Waals surface area contributed by atoms with Gasteiger partial charge in [-0.3, -0.25) is 4.98 Å². The molecule has 0 unspecified atom stereocenters. The molecule has 0 aliphatic rings. The lowest BCUT2D eigenvalue weighted by molar-refractivity contribution is -0.274. The largest absolute Gasteiger partial charge is 0.573 e. The lowest BCUT2D eigenvalue weighted by atomic mass is 10.1. The zero-order valence-corrected chi connectivity index (χ0v) is 16.7. The molecule has 3 N–H and O–H groups in total. The Hall–Kier alpha value is -3.40. The number of nitrogens with zero attached hydrogens (tertiary/aromatic N) is 3. The van der Waals surface area contributed by atoms with Gasteiger partial charge in [0.15, 0.2) is 0 Å². The molecule has 0 spiro atoms. The zero-order chi connectivity index (χ0) is 22.3. The Bertz CT molecular complexity index is 986. The van der Waals surface area contributed by atoms with Gasteiger partial charge in [0.05, 0.1) is 12.3 Å². The van der Waals surface area contributed by atoms with Crippen LogP contribution in [0.15, 0.2) is 54.9 Å². The molecule has 0 saturated heterocycles. The summed E-state index contributed by atoms with van der Waals surface area (Å²) in [5, 5.41) is 15.5. The second-order valence-electron chi connectivity index (χ2n) is 6.80. The number of pyridine rings is 1. The number of benzene rings is 1. The van der Waals surface area contributed by atoms with E-state index in [-0.39, 0.29) is 24.3 Å². The van der Waals surface area contributed by atoms with E-state index in [9.17, 15) is 18.3 Å². The average molecular weight is 433 g/mol. The van der Waals surface area contributed by atoms with Gasteiger partial charge in [-0.1, -0.05) is 12.1 Å². The molecule has 0 saturated carbocycles. The first kappa shape index (κ1) is 22.3. The Balaban J connectivity index is 1.84. The summed E-state index contributed by atoms with van der Waals surface area (Å²) < 4.78 is 41.7.